The van der Waals surface area contributed by atoms with Gasteiger partial charge >= 0.3 is 5.97 Å². The Kier molecular flexibility index (Phi) is 7.76. The number of esters is 1. The van der Waals surface area contributed by atoms with Gasteiger partial charge in [0.05, 0.1) is 23.7 Å². The van der Waals surface area contributed by atoms with Gasteiger partial charge in [0.1, 0.15) is 6.61 Å². The van der Waals surface area contributed by atoms with E-state index in [1.807, 2.05) is 6.92 Å². The molecule has 0 amide bonds. The maximum Gasteiger partial charge on any atom is 0.309 e. The number of carbonyl (C=O) groups is 1. The third kappa shape index (κ3) is 5.22. The normalized spacial score (nSPS) is 39.1. The average Bonchev–Trinajstić information content (AvgIpc) is 3.16. The van der Waals surface area contributed by atoms with E-state index >= 15 is 0 Å². The van der Waals surface area contributed by atoms with Crippen molar-refractivity contribution in [1.82, 2.24) is 0 Å². The molecule has 5 heteroatoms. The second kappa shape index (κ2) is 10.3. The van der Waals surface area contributed by atoms with E-state index in [0.29, 0.717) is 18.8 Å². The van der Waals surface area contributed by atoms with E-state index in [-0.39, 0.29) is 29.8 Å². The summed E-state index contributed by atoms with van der Waals surface area (Å²) in [5.41, 5.74) is 2.31. The molecule has 4 aliphatic rings. The highest BCUT2D eigenvalue weighted by Crippen LogP contribution is 2.59. The van der Waals surface area contributed by atoms with Crippen LogP contribution in [0.4, 0.5) is 0 Å². The topological polar surface area (TPSA) is 87.0 Å². The first-order chi connectivity index (χ1) is 16.1. The van der Waals surface area contributed by atoms with Gasteiger partial charge in [-0.3, -0.25) is 4.79 Å². The Morgan fingerprint density at radius 3 is 2.62 bits per heavy atom. The van der Waals surface area contributed by atoms with Crippen LogP contribution in [0.1, 0.15) is 90.9 Å². The van der Waals surface area contributed by atoms with Crippen LogP contribution in [0.2, 0.25) is 0 Å². The molecule has 4 saturated carbocycles. The van der Waals surface area contributed by atoms with Crippen molar-refractivity contribution >= 4 is 5.97 Å². The lowest BCUT2D eigenvalue weighted by Crippen LogP contribution is -2.41. The average molecular weight is 473 g/mol. The van der Waals surface area contributed by atoms with Crippen molar-refractivity contribution in [2.45, 2.75) is 109 Å². The third-order valence-electron chi connectivity index (χ3n) is 9.54. The van der Waals surface area contributed by atoms with Crippen molar-refractivity contribution in [2.75, 3.05) is 6.61 Å². The fourth-order valence-corrected chi connectivity index (χ4v) is 7.42. The van der Waals surface area contributed by atoms with Gasteiger partial charge in [0.25, 0.3) is 0 Å². The zero-order valence-corrected chi connectivity index (χ0v) is 21.1. The molecule has 0 aliphatic heterocycles. The molecule has 0 unspecified atom stereocenters. The van der Waals surface area contributed by atoms with Crippen LogP contribution >= 0.6 is 0 Å². The summed E-state index contributed by atoms with van der Waals surface area (Å²) in [4.78, 5) is 13.0. The molecule has 4 rings (SSSR count). The van der Waals surface area contributed by atoms with Gasteiger partial charge in [0.2, 0.25) is 0 Å². The largest absolute Gasteiger partial charge is 0.462 e. The summed E-state index contributed by atoms with van der Waals surface area (Å²) in [5, 5.41) is 31.0. The molecule has 0 saturated heterocycles. The fraction of sp³-hybridized carbons (Fsp3) is 0.759. The van der Waals surface area contributed by atoms with Crippen LogP contribution in [-0.4, -0.2) is 45.7 Å². The van der Waals surface area contributed by atoms with Crippen molar-refractivity contribution in [1.29, 1.82) is 0 Å². The lowest BCUT2D eigenvalue weighted by Gasteiger charge is -2.44. The maximum absolute atomic E-state index is 13.0. The van der Waals surface area contributed by atoms with Crippen LogP contribution in [0, 0.1) is 23.2 Å². The molecule has 0 aromatic rings. The summed E-state index contributed by atoms with van der Waals surface area (Å²) >= 11 is 0. The molecule has 3 N–H and O–H groups in total. The van der Waals surface area contributed by atoms with E-state index in [0.717, 1.165) is 75.4 Å². The number of rotatable bonds is 5. The van der Waals surface area contributed by atoms with Crippen molar-refractivity contribution in [3.63, 3.8) is 0 Å². The summed E-state index contributed by atoms with van der Waals surface area (Å²) in [5.74, 6) is 0.372. The minimum absolute atomic E-state index is 0.0609. The maximum atomic E-state index is 13.0. The van der Waals surface area contributed by atoms with Crippen LogP contribution in [0.3, 0.4) is 0 Å². The molecule has 0 heterocycles. The second-order valence-corrected chi connectivity index (χ2v) is 11.8. The fourth-order valence-electron chi connectivity index (χ4n) is 7.42. The zero-order valence-electron chi connectivity index (χ0n) is 21.1. The van der Waals surface area contributed by atoms with Gasteiger partial charge in [-0.05, 0) is 79.8 Å². The second-order valence-electron chi connectivity index (χ2n) is 11.8. The molecule has 0 bridgehead atoms. The van der Waals surface area contributed by atoms with Crippen LogP contribution in [0.15, 0.2) is 35.5 Å². The zero-order chi connectivity index (χ0) is 24.5. The molecule has 4 aliphatic carbocycles. The van der Waals surface area contributed by atoms with Gasteiger partial charge in [-0.15, -0.1) is 0 Å². The van der Waals surface area contributed by atoms with Crippen LogP contribution in [0.5, 0.6) is 0 Å². The van der Waals surface area contributed by atoms with E-state index in [9.17, 15) is 20.1 Å². The highest BCUT2D eigenvalue weighted by Gasteiger charge is 2.52. The molecule has 5 nitrogen and oxygen atoms in total. The highest BCUT2D eigenvalue weighted by atomic mass is 16.5. The minimum Gasteiger partial charge on any atom is -0.462 e. The Morgan fingerprint density at radius 1 is 1.15 bits per heavy atom. The van der Waals surface area contributed by atoms with Crippen LogP contribution in [-0.2, 0) is 9.53 Å². The lowest BCUT2D eigenvalue weighted by atomic mass is 9.61. The molecule has 0 aromatic heterocycles. The van der Waals surface area contributed by atoms with Gasteiger partial charge < -0.3 is 20.1 Å². The van der Waals surface area contributed by atoms with Crippen molar-refractivity contribution in [3.05, 3.63) is 35.5 Å². The molecular formula is C29H44O5. The molecule has 0 radical (unpaired) electrons. The third-order valence-corrected chi connectivity index (χ3v) is 9.54. The summed E-state index contributed by atoms with van der Waals surface area (Å²) in [6, 6.07) is 0. The lowest BCUT2D eigenvalue weighted by molar-refractivity contribution is -0.161. The summed E-state index contributed by atoms with van der Waals surface area (Å²) in [6.45, 7) is 8.53. The molecule has 6 atom stereocenters. The predicted molar refractivity (Wildman–Crippen MR) is 133 cm³/mol. The number of ether oxygens (including phenoxy) is 1. The van der Waals surface area contributed by atoms with Crippen molar-refractivity contribution in [2.24, 2.45) is 23.2 Å². The Hall–Kier alpha value is -1.43. The minimum atomic E-state index is -0.839. The van der Waals surface area contributed by atoms with Crippen molar-refractivity contribution < 1.29 is 24.9 Å². The molecule has 34 heavy (non-hydrogen) atoms. The first kappa shape index (κ1) is 25.7. The number of aliphatic hydroxyl groups is 3. The standard InChI is InChI=1S/C29H44O5/c1-19-22(16-23(30)17-26(19)31)10-9-21-8-7-13-28(3)24(11-12-25(21)28)20(2)27(32)34-18-29(33)14-5-4-6-15-29/h9-10,20,23-26,30-31,33H,1,4-8,11-18H2,2-3H3/b21-9+,22-10-/t20-,23+,24+,25-,26+,28+/m0/s1. The van der Waals surface area contributed by atoms with E-state index in [1.54, 1.807) is 0 Å². The Balaban J connectivity index is 1.43. The number of allylic oxidation sites excluding steroid dienone is 3. The van der Waals surface area contributed by atoms with Gasteiger partial charge in [-0.25, -0.2) is 0 Å². The predicted octanol–water partition coefficient (Wildman–Crippen LogP) is 5.00. The smallest absolute Gasteiger partial charge is 0.309 e. The number of hydrogen-bond donors (Lipinski definition) is 3. The number of hydrogen-bond acceptors (Lipinski definition) is 5. The van der Waals surface area contributed by atoms with Crippen LogP contribution < -0.4 is 0 Å². The van der Waals surface area contributed by atoms with E-state index < -0.39 is 17.8 Å². The Bertz CT molecular complexity index is 835. The molecule has 4 fully saturated rings. The molecule has 0 aromatic carbocycles. The quantitative estimate of drug-likeness (QED) is 0.490. The van der Waals surface area contributed by atoms with Crippen LogP contribution in [0.25, 0.3) is 0 Å². The van der Waals surface area contributed by atoms with Crippen molar-refractivity contribution in [3.8, 4) is 0 Å². The first-order valence-corrected chi connectivity index (χ1v) is 13.5. The molecule has 190 valence electrons. The van der Waals surface area contributed by atoms with E-state index in [1.165, 1.54) is 5.57 Å². The van der Waals surface area contributed by atoms with Gasteiger partial charge in [0, 0.05) is 6.42 Å². The Labute approximate surface area is 205 Å². The summed E-state index contributed by atoms with van der Waals surface area (Å²) < 4.78 is 5.70. The highest BCUT2D eigenvalue weighted by molar-refractivity contribution is 5.72. The number of aliphatic hydroxyl groups excluding tert-OH is 2. The van der Waals surface area contributed by atoms with E-state index in [2.05, 4.69) is 25.7 Å². The summed E-state index contributed by atoms with van der Waals surface area (Å²) in [7, 11) is 0. The van der Waals surface area contributed by atoms with Gasteiger partial charge in [-0.2, -0.15) is 0 Å². The Morgan fingerprint density at radius 2 is 1.88 bits per heavy atom. The molecule has 0 spiro atoms. The summed E-state index contributed by atoms with van der Waals surface area (Å²) in [6.07, 6.45) is 13.9. The molecular weight excluding hydrogens is 428 g/mol. The van der Waals surface area contributed by atoms with Gasteiger partial charge in [-0.1, -0.05) is 57.4 Å². The van der Waals surface area contributed by atoms with E-state index in [4.69, 9.17) is 4.74 Å². The monoisotopic (exact) mass is 472 g/mol. The number of fused-ring (bicyclic) bond motifs is 1. The SMILES string of the molecule is C=C1/C(=C\C=C2/CCC[C@]3(C)[C@@H]([C@H](C)C(=O)OCC4(O)CCCCC4)CC[C@@H]23)C[C@@H](O)C[C@H]1O. The number of carbonyl (C=O) groups excluding carboxylic acids is 1. The van der Waals surface area contributed by atoms with Gasteiger partial charge in [0.15, 0.2) is 0 Å². The first-order valence-electron chi connectivity index (χ1n) is 13.5.